The average molecular weight is 324 g/mol. The smallest absolute Gasteiger partial charge is 0.478 e. The summed E-state index contributed by atoms with van der Waals surface area (Å²) in [5.41, 5.74) is 10.4. The molecular formula is C6H18N2O9P2. The maximum atomic E-state index is 10.1. The maximum Gasteiger partial charge on any atom is 0.478 e. The number of unbranched alkanes of at least 4 members (excludes halogenated alkanes) is 1. The van der Waals surface area contributed by atoms with Gasteiger partial charge in [0.1, 0.15) is 6.04 Å². The van der Waals surface area contributed by atoms with Gasteiger partial charge in [-0.05, 0) is 19.4 Å². The van der Waals surface area contributed by atoms with Crippen LogP contribution in [0.3, 0.4) is 0 Å². The molecule has 0 aromatic carbocycles. The summed E-state index contributed by atoms with van der Waals surface area (Å²) in [7, 11) is -10.1. The highest BCUT2D eigenvalue weighted by molar-refractivity contribution is 7.60. The molecule has 1 atom stereocenters. The van der Waals surface area contributed by atoms with Gasteiger partial charge in [-0.15, -0.1) is 0 Å². The Labute approximate surface area is 109 Å². The lowest BCUT2D eigenvalue weighted by molar-refractivity contribution is -0.138. The maximum absolute atomic E-state index is 10.1. The number of carboxylic acid groups (broad SMARTS) is 1. The molecule has 0 fully saturated rings. The van der Waals surface area contributed by atoms with Crippen molar-refractivity contribution in [1.29, 1.82) is 0 Å². The van der Waals surface area contributed by atoms with Gasteiger partial charge in [0, 0.05) is 0 Å². The molecule has 0 saturated carbocycles. The molecule has 0 bridgehead atoms. The van der Waals surface area contributed by atoms with Gasteiger partial charge in [0.05, 0.1) is 0 Å². The van der Waals surface area contributed by atoms with E-state index in [9.17, 15) is 13.9 Å². The fourth-order valence-electron chi connectivity index (χ4n) is 0.771. The number of hydrogen-bond acceptors (Lipinski definition) is 6. The molecule has 13 heteroatoms. The molecule has 11 nitrogen and oxygen atoms in total. The molecule has 116 valence electrons. The van der Waals surface area contributed by atoms with Crippen LogP contribution >= 0.6 is 15.6 Å². The van der Waals surface area contributed by atoms with Crippen LogP contribution in [-0.2, 0) is 18.2 Å². The standard InChI is InChI=1S/C6H14N2O2.H4O7P2/c7-4-2-1-3-5(8)6(9)10;1-8(2,3)7-9(4,5)6/h5H,1-4,7-8H2,(H,9,10);(H2,1,2,3)(H2,4,5,6). The third kappa shape index (κ3) is 20.1. The zero-order chi connectivity index (χ0) is 15.7. The molecule has 0 aliphatic carbocycles. The Bertz CT molecular complexity index is 331. The first-order valence-corrected chi connectivity index (χ1v) is 7.96. The van der Waals surface area contributed by atoms with Crippen LogP contribution in [0.2, 0.25) is 0 Å². The molecule has 0 aliphatic heterocycles. The van der Waals surface area contributed by atoms with E-state index >= 15 is 0 Å². The summed E-state index contributed by atoms with van der Waals surface area (Å²) in [6, 6.07) is -0.716. The number of carbonyl (C=O) groups is 1. The lowest BCUT2D eigenvalue weighted by Crippen LogP contribution is -2.29. The fraction of sp³-hybridized carbons (Fsp3) is 0.833. The van der Waals surface area contributed by atoms with Gasteiger partial charge in [0.15, 0.2) is 0 Å². The van der Waals surface area contributed by atoms with E-state index in [0.29, 0.717) is 13.0 Å². The molecule has 0 rings (SSSR count). The van der Waals surface area contributed by atoms with Crippen LogP contribution in [-0.4, -0.2) is 43.2 Å². The molecule has 0 aromatic heterocycles. The van der Waals surface area contributed by atoms with E-state index in [-0.39, 0.29) is 0 Å². The molecule has 0 aromatic rings. The van der Waals surface area contributed by atoms with Crippen LogP contribution in [0.5, 0.6) is 0 Å². The highest BCUT2D eigenvalue weighted by Gasteiger charge is 2.27. The molecule has 19 heavy (non-hydrogen) atoms. The minimum absolute atomic E-state index is 0.520. The number of rotatable bonds is 7. The van der Waals surface area contributed by atoms with Crippen molar-refractivity contribution in [3.05, 3.63) is 0 Å². The zero-order valence-electron chi connectivity index (χ0n) is 9.82. The fourth-order valence-corrected chi connectivity index (χ4v) is 1.88. The molecule has 0 aliphatic rings. The Morgan fingerprint density at radius 2 is 1.53 bits per heavy atom. The van der Waals surface area contributed by atoms with Crippen molar-refractivity contribution >= 4 is 21.6 Å². The molecule has 0 spiro atoms. The summed E-state index contributed by atoms with van der Waals surface area (Å²) < 4.78 is 22.2. The Kier molecular flexibility index (Phi) is 10.5. The van der Waals surface area contributed by atoms with Crippen molar-refractivity contribution < 1.29 is 42.9 Å². The summed E-state index contributed by atoms with van der Waals surface area (Å²) in [5, 5.41) is 8.33. The first-order valence-electron chi connectivity index (χ1n) is 4.90. The third-order valence-electron chi connectivity index (χ3n) is 1.50. The van der Waals surface area contributed by atoms with Gasteiger partial charge < -0.3 is 36.1 Å². The second kappa shape index (κ2) is 9.54. The van der Waals surface area contributed by atoms with Gasteiger partial charge in [-0.1, -0.05) is 6.42 Å². The Balaban J connectivity index is 0. The van der Waals surface area contributed by atoms with Crippen molar-refractivity contribution in [3.8, 4) is 0 Å². The largest absolute Gasteiger partial charge is 0.480 e. The van der Waals surface area contributed by atoms with Gasteiger partial charge in [-0.2, -0.15) is 4.31 Å². The minimum Gasteiger partial charge on any atom is -0.480 e. The number of carboxylic acids is 1. The topological polar surface area (TPSA) is 214 Å². The quantitative estimate of drug-likeness (QED) is 0.216. The summed E-state index contributed by atoms with van der Waals surface area (Å²) >= 11 is 0. The van der Waals surface area contributed by atoms with Crippen LogP contribution in [0.15, 0.2) is 0 Å². The number of nitrogens with two attached hydrogens (primary N) is 2. The second-order valence-electron chi connectivity index (χ2n) is 3.29. The summed E-state index contributed by atoms with van der Waals surface area (Å²) in [5.74, 6) is -0.933. The second-order valence-corrected chi connectivity index (χ2v) is 5.91. The van der Waals surface area contributed by atoms with Crippen molar-refractivity contribution in [2.24, 2.45) is 11.5 Å². The minimum atomic E-state index is -5.05. The lowest BCUT2D eigenvalue weighted by atomic mass is 10.1. The molecule has 9 N–H and O–H groups in total. The molecule has 0 heterocycles. The number of aliphatic carboxylic acids is 1. The predicted molar refractivity (Wildman–Crippen MR) is 63.7 cm³/mol. The van der Waals surface area contributed by atoms with Gasteiger partial charge in [0.2, 0.25) is 0 Å². The van der Waals surface area contributed by atoms with Crippen LogP contribution in [0, 0.1) is 0 Å². The van der Waals surface area contributed by atoms with Crippen LogP contribution in [0.4, 0.5) is 0 Å². The Morgan fingerprint density at radius 3 is 1.74 bits per heavy atom. The van der Waals surface area contributed by atoms with Crippen molar-refractivity contribution in [3.63, 3.8) is 0 Å². The highest BCUT2D eigenvalue weighted by Crippen LogP contribution is 2.53. The lowest BCUT2D eigenvalue weighted by Gasteiger charge is -2.03. The van der Waals surface area contributed by atoms with Gasteiger partial charge in [-0.25, -0.2) is 9.13 Å². The molecular weight excluding hydrogens is 306 g/mol. The number of hydrogen-bond donors (Lipinski definition) is 7. The normalized spacial score (nSPS) is 13.4. The van der Waals surface area contributed by atoms with Crippen molar-refractivity contribution in [1.82, 2.24) is 0 Å². The molecule has 0 saturated heterocycles. The highest BCUT2D eigenvalue weighted by atomic mass is 31.3. The van der Waals surface area contributed by atoms with E-state index in [1.165, 1.54) is 0 Å². The number of phosphoric acid groups is 2. The van der Waals surface area contributed by atoms with Crippen LogP contribution < -0.4 is 11.5 Å². The summed E-state index contributed by atoms with van der Waals surface area (Å²) in [6.07, 6.45) is 2.16. The van der Waals surface area contributed by atoms with E-state index in [1.54, 1.807) is 0 Å². The Morgan fingerprint density at radius 1 is 1.11 bits per heavy atom. The molecule has 0 amide bonds. The van der Waals surface area contributed by atoms with Crippen LogP contribution in [0.25, 0.3) is 0 Å². The SMILES string of the molecule is NCCCCC(N)C(=O)O.O=P(O)(O)OP(=O)(O)O. The van der Waals surface area contributed by atoms with E-state index in [4.69, 9.17) is 36.1 Å². The van der Waals surface area contributed by atoms with Crippen molar-refractivity contribution in [2.45, 2.75) is 25.3 Å². The first-order chi connectivity index (χ1) is 8.39. The van der Waals surface area contributed by atoms with Gasteiger partial charge in [0.25, 0.3) is 0 Å². The Hall–Kier alpha value is -0.350. The third-order valence-corrected chi connectivity index (χ3v) is 3.20. The first kappa shape index (κ1) is 21.0. The van der Waals surface area contributed by atoms with E-state index < -0.39 is 27.7 Å². The van der Waals surface area contributed by atoms with Crippen LogP contribution in [0.1, 0.15) is 19.3 Å². The zero-order valence-corrected chi connectivity index (χ0v) is 11.6. The summed E-state index contributed by atoms with van der Waals surface area (Å²) in [4.78, 5) is 41.1. The van der Waals surface area contributed by atoms with E-state index in [1.807, 2.05) is 0 Å². The predicted octanol–water partition coefficient (Wildman–Crippen LogP) is -1.28. The van der Waals surface area contributed by atoms with Crippen molar-refractivity contribution in [2.75, 3.05) is 6.54 Å². The van der Waals surface area contributed by atoms with Gasteiger partial charge >= 0.3 is 21.6 Å². The summed E-state index contributed by atoms with van der Waals surface area (Å²) in [6.45, 7) is 0.604. The van der Waals surface area contributed by atoms with E-state index in [0.717, 1.165) is 12.8 Å². The van der Waals surface area contributed by atoms with Gasteiger partial charge in [-0.3, -0.25) is 4.79 Å². The average Bonchev–Trinajstić information content (AvgIpc) is 2.12. The monoisotopic (exact) mass is 324 g/mol. The molecule has 1 unspecified atom stereocenters. The van der Waals surface area contributed by atoms with E-state index in [2.05, 4.69) is 4.31 Å². The molecule has 0 radical (unpaired) electrons.